The average Bonchev–Trinajstić information content (AvgIpc) is 2.95. The van der Waals surface area contributed by atoms with E-state index in [0.717, 1.165) is 16.8 Å². The van der Waals surface area contributed by atoms with Crippen molar-refractivity contribution in [3.05, 3.63) is 65.7 Å². The molecule has 2 aliphatic rings. The number of piperazine rings is 1. The van der Waals surface area contributed by atoms with Gasteiger partial charge in [0.05, 0.1) is 24.1 Å². The maximum absolute atomic E-state index is 13.1. The maximum atomic E-state index is 13.1. The van der Waals surface area contributed by atoms with E-state index in [1.54, 1.807) is 4.90 Å². The van der Waals surface area contributed by atoms with Crippen LogP contribution in [0.3, 0.4) is 0 Å². The number of hydrogen-bond donors (Lipinski definition) is 0. The molecule has 2 heterocycles. The summed E-state index contributed by atoms with van der Waals surface area (Å²) in [6, 6.07) is 17.1. The zero-order valence-electron chi connectivity index (χ0n) is 15.6. The third-order valence-corrected chi connectivity index (χ3v) is 7.40. The standard InChI is InChI=1S/C21H24N2O3S/c1-15-7-6-10-18(11-15)23-20-14-27(25,26)13-19(20)22(12-21(23)24)16(2)17-8-4-3-5-9-17/h3-11,16,19-20H,12-14H2,1-2H3/t16-,19-,20+/m0/s1. The molecule has 0 unspecified atom stereocenters. The van der Waals surface area contributed by atoms with E-state index >= 15 is 0 Å². The summed E-state index contributed by atoms with van der Waals surface area (Å²) in [6.45, 7) is 4.25. The molecule has 0 aromatic heterocycles. The SMILES string of the molecule is Cc1cccc(N2C(=O)CN([C@@H](C)c3ccccc3)[C@H]3CS(=O)(=O)C[C@H]32)c1. The maximum Gasteiger partial charge on any atom is 0.241 e. The topological polar surface area (TPSA) is 57.7 Å². The normalized spacial score (nSPS) is 26.0. The molecular weight excluding hydrogens is 360 g/mol. The van der Waals surface area contributed by atoms with Crippen molar-refractivity contribution in [2.45, 2.75) is 32.0 Å². The Morgan fingerprint density at radius 3 is 2.41 bits per heavy atom. The van der Waals surface area contributed by atoms with Gasteiger partial charge in [0.2, 0.25) is 5.91 Å². The van der Waals surface area contributed by atoms with Crippen molar-refractivity contribution >= 4 is 21.4 Å². The third-order valence-electron chi connectivity index (χ3n) is 5.70. The zero-order chi connectivity index (χ0) is 19.2. The van der Waals surface area contributed by atoms with E-state index in [0.29, 0.717) is 0 Å². The third kappa shape index (κ3) is 3.39. The minimum Gasteiger partial charge on any atom is -0.306 e. The molecule has 3 atom stereocenters. The lowest BCUT2D eigenvalue weighted by Gasteiger charge is -2.46. The van der Waals surface area contributed by atoms with E-state index in [2.05, 4.69) is 4.90 Å². The smallest absolute Gasteiger partial charge is 0.241 e. The van der Waals surface area contributed by atoms with Crippen molar-refractivity contribution in [1.29, 1.82) is 0 Å². The van der Waals surface area contributed by atoms with Crippen molar-refractivity contribution in [2.75, 3.05) is 23.0 Å². The number of carbonyl (C=O) groups excluding carboxylic acids is 1. The Hall–Kier alpha value is -2.18. The van der Waals surface area contributed by atoms with Crippen LogP contribution in [0.2, 0.25) is 0 Å². The molecule has 0 bridgehead atoms. The second-order valence-corrected chi connectivity index (χ2v) is 9.73. The van der Waals surface area contributed by atoms with Crippen LogP contribution in [0.1, 0.15) is 24.1 Å². The van der Waals surface area contributed by atoms with Gasteiger partial charge in [0, 0.05) is 17.8 Å². The number of aryl methyl sites for hydroxylation is 1. The second kappa shape index (κ2) is 6.77. The number of sulfone groups is 1. The largest absolute Gasteiger partial charge is 0.306 e. The minimum atomic E-state index is -3.19. The molecule has 142 valence electrons. The Morgan fingerprint density at radius 2 is 1.70 bits per heavy atom. The summed E-state index contributed by atoms with van der Waals surface area (Å²) < 4.78 is 25.0. The van der Waals surface area contributed by atoms with Gasteiger partial charge >= 0.3 is 0 Å². The minimum absolute atomic E-state index is 0.0180. The van der Waals surface area contributed by atoms with Gasteiger partial charge in [-0.2, -0.15) is 0 Å². The summed E-state index contributed by atoms with van der Waals surface area (Å²) in [5.41, 5.74) is 2.94. The fourth-order valence-corrected chi connectivity index (χ4v) is 6.33. The zero-order valence-corrected chi connectivity index (χ0v) is 16.4. The quantitative estimate of drug-likeness (QED) is 0.816. The Kier molecular flexibility index (Phi) is 4.56. The molecular formula is C21H24N2O3S. The molecule has 27 heavy (non-hydrogen) atoms. The van der Waals surface area contributed by atoms with Crippen molar-refractivity contribution in [3.63, 3.8) is 0 Å². The molecule has 2 aliphatic heterocycles. The van der Waals surface area contributed by atoms with Gasteiger partial charge < -0.3 is 4.90 Å². The van der Waals surface area contributed by atoms with Crippen LogP contribution in [0.15, 0.2) is 54.6 Å². The highest BCUT2D eigenvalue weighted by molar-refractivity contribution is 7.91. The highest BCUT2D eigenvalue weighted by Gasteiger charge is 2.50. The summed E-state index contributed by atoms with van der Waals surface area (Å²) in [4.78, 5) is 16.9. The van der Waals surface area contributed by atoms with Crippen LogP contribution < -0.4 is 4.90 Å². The molecule has 1 amide bonds. The van der Waals surface area contributed by atoms with E-state index < -0.39 is 9.84 Å². The molecule has 0 spiro atoms. The van der Waals surface area contributed by atoms with Gasteiger partial charge in [0.15, 0.2) is 9.84 Å². The average molecular weight is 385 g/mol. The van der Waals surface area contributed by atoms with Gasteiger partial charge in [0.1, 0.15) is 0 Å². The number of benzene rings is 2. The first kappa shape index (κ1) is 18.2. The van der Waals surface area contributed by atoms with Gasteiger partial charge in [-0.05, 0) is 37.1 Å². The summed E-state index contributed by atoms with van der Waals surface area (Å²) in [5, 5.41) is 0. The van der Waals surface area contributed by atoms with Crippen LogP contribution in [0.4, 0.5) is 5.69 Å². The highest BCUT2D eigenvalue weighted by atomic mass is 32.2. The Morgan fingerprint density at radius 1 is 1.00 bits per heavy atom. The first-order valence-electron chi connectivity index (χ1n) is 9.25. The predicted octanol–water partition coefficient (Wildman–Crippen LogP) is 2.57. The number of carbonyl (C=O) groups is 1. The molecule has 0 saturated carbocycles. The number of anilines is 1. The molecule has 4 rings (SSSR count). The van der Waals surface area contributed by atoms with Crippen LogP contribution in [-0.4, -0.2) is 49.4 Å². The lowest BCUT2D eigenvalue weighted by atomic mass is 9.98. The van der Waals surface area contributed by atoms with E-state index in [-0.39, 0.29) is 42.1 Å². The molecule has 6 heteroatoms. The lowest BCUT2D eigenvalue weighted by Crippen LogP contribution is -2.62. The van der Waals surface area contributed by atoms with Crippen LogP contribution in [0.25, 0.3) is 0 Å². The van der Waals surface area contributed by atoms with Gasteiger partial charge in [-0.3, -0.25) is 9.69 Å². The summed E-state index contributed by atoms with van der Waals surface area (Å²) >= 11 is 0. The molecule has 2 aromatic rings. The summed E-state index contributed by atoms with van der Waals surface area (Å²) in [6.07, 6.45) is 0. The van der Waals surface area contributed by atoms with Crippen molar-refractivity contribution in [2.24, 2.45) is 0 Å². The summed E-state index contributed by atoms with van der Waals surface area (Å²) in [5.74, 6) is 0.0847. The fraction of sp³-hybridized carbons (Fsp3) is 0.381. The summed E-state index contributed by atoms with van der Waals surface area (Å²) in [7, 11) is -3.19. The number of amides is 1. The van der Waals surface area contributed by atoms with Crippen LogP contribution in [-0.2, 0) is 14.6 Å². The monoisotopic (exact) mass is 384 g/mol. The number of hydrogen-bond acceptors (Lipinski definition) is 4. The number of rotatable bonds is 3. The van der Waals surface area contributed by atoms with E-state index in [1.807, 2.05) is 68.4 Å². The van der Waals surface area contributed by atoms with Gasteiger partial charge in [-0.1, -0.05) is 42.5 Å². The van der Waals surface area contributed by atoms with Crippen LogP contribution >= 0.6 is 0 Å². The molecule has 0 N–H and O–H groups in total. The van der Waals surface area contributed by atoms with E-state index in [4.69, 9.17) is 0 Å². The van der Waals surface area contributed by atoms with Crippen molar-refractivity contribution < 1.29 is 13.2 Å². The van der Waals surface area contributed by atoms with E-state index in [1.165, 1.54) is 0 Å². The van der Waals surface area contributed by atoms with E-state index in [9.17, 15) is 13.2 Å². The first-order valence-corrected chi connectivity index (χ1v) is 11.1. The Labute approximate surface area is 160 Å². The van der Waals surface area contributed by atoms with Crippen molar-refractivity contribution in [1.82, 2.24) is 4.90 Å². The first-order chi connectivity index (χ1) is 12.9. The molecule has 2 saturated heterocycles. The molecule has 2 fully saturated rings. The molecule has 0 aliphatic carbocycles. The second-order valence-electron chi connectivity index (χ2n) is 7.57. The Bertz CT molecular complexity index is 958. The van der Waals surface area contributed by atoms with Gasteiger partial charge in [-0.15, -0.1) is 0 Å². The number of nitrogens with zero attached hydrogens (tertiary/aromatic N) is 2. The lowest BCUT2D eigenvalue weighted by molar-refractivity contribution is -0.124. The van der Waals surface area contributed by atoms with Crippen LogP contribution in [0.5, 0.6) is 0 Å². The molecule has 2 aromatic carbocycles. The van der Waals surface area contributed by atoms with Gasteiger partial charge in [0.25, 0.3) is 0 Å². The predicted molar refractivity (Wildman–Crippen MR) is 106 cm³/mol. The highest BCUT2D eigenvalue weighted by Crippen LogP contribution is 2.36. The molecule has 5 nitrogen and oxygen atoms in total. The number of fused-ring (bicyclic) bond motifs is 1. The fourth-order valence-electron chi connectivity index (χ4n) is 4.37. The molecule has 0 radical (unpaired) electrons. The van der Waals surface area contributed by atoms with Gasteiger partial charge in [-0.25, -0.2) is 8.42 Å². The Balaban J connectivity index is 1.72. The van der Waals surface area contributed by atoms with Crippen molar-refractivity contribution in [3.8, 4) is 0 Å². The van der Waals surface area contributed by atoms with Crippen LogP contribution in [0, 0.1) is 6.92 Å².